The number of carbonyl (C=O) groups is 2. The molecule has 0 aliphatic carbocycles. The lowest BCUT2D eigenvalue weighted by molar-refractivity contribution is 0.0472. The van der Waals surface area contributed by atoms with Crippen molar-refractivity contribution in [3.05, 3.63) is 101 Å². The van der Waals surface area contributed by atoms with Crippen LogP contribution in [0, 0.1) is 0 Å². The van der Waals surface area contributed by atoms with Crippen molar-refractivity contribution in [1.82, 2.24) is 0 Å². The normalized spacial score (nSPS) is 10.2. The Labute approximate surface area is 157 Å². The largest absolute Gasteiger partial charge is 0.489 e. The number of amides is 1. The van der Waals surface area contributed by atoms with E-state index in [2.05, 4.69) is 0 Å². The van der Waals surface area contributed by atoms with Crippen molar-refractivity contribution in [3.8, 4) is 5.75 Å². The summed E-state index contributed by atoms with van der Waals surface area (Å²) in [7, 11) is 0. The van der Waals surface area contributed by atoms with Crippen LogP contribution in [0.2, 0.25) is 0 Å². The van der Waals surface area contributed by atoms with Gasteiger partial charge in [0.25, 0.3) is 0 Å². The van der Waals surface area contributed by atoms with Gasteiger partial charge in [0.2, 0.25) is 5.91 Å². The number of ether oxygens (including phenoxy) is 2. The molecule has 0 heterocycles. The molecule has 2 N–H and O–H groups in total. The molecular weight excluding hydrogens is 342 g/mol. The fourth-order valence-electron chi connectivity index (χ4n) is 2.42. The summed E-state index contributed by atoms with van der Waals surface area (Å²) >= 11 is 0. The smallest absolute Gasteiger partial charge is 0.338 e. The number of para-hydroxylation sites is 1. The minimum Gasteiger partial charge on any atom is -0.489 e. The molecule has 5 heteroatoms. The Morgan fingerprint density at radius 3 is 1.85 bits per heavy atom. The second kappa shape index (κ2) is 8.67. The number of nitrogens with two attached hydrogens (primary N) is 1. The van der Waals surface area contributed by atoms with Crippen LogP contribution in [0.5, 0.6) is 5.75 Å². The Morgan fingerprint density at radius 1 is 0.704 bits per heavy atom. The van der Waals surface area contributed by atoms with Gasteiger partial charge in [-0.1, -0.05) is 42.5 Å². The predicted molar refractivity (Wildman–Crippen MR) is 101 cm³/mol. The van der Waals surface area contributed by atoms with E-state index in [0.717, 1.165) is 16.9 Å². The van der Waals surface area contributed by atoms with Gasteiger partial charge in [-0.3, -0.25) is 4.79 Å². The molecule has 27 heavy (non-hydrogen) atoms. The van der Waals surface area contributed by atoms with E-state index in [9.17, 15) is 9.59 Å². The molecule has 0 unspecified atom stereocenters. The zero-order valence-electron chi connectivity index (χ0n) is 14.6. The molecule has 0 aliphatic heterocycles. The Morgan fingerprint density at radius 2 is 1.26 bits per heavy atom. The first-order chi connectivity index (χ1) is 13.1. The minimum absolute atomic E-state index is 0.122. The van der Waals surface area contributed by atoms with E-state index >= 15 is 0 Å². The van der Waals surface area contributed by atoms with Crippen LogP contribution >= 0.6 is 0 Å². The molecule has 0 fully saturated rings. The molecule has 3 rings (SSSR count). The van der Waals surface area contributed by atoms with E-state index in [1.165, 1.54) is 0 Å². The quantitative estimate of drug-likeness (QED) is 0.651. The number of esters is 1. The molecule has 0 saturated heterocycles. The summed E-state index contributed by atoms with van der Waals surface area (Å²) in [6, 6.07) is 23.2. The van der Waals surface area contributed by atoms with E-state index in [1.54, 1.807) is 36.4 Å². The summed E-state index contributed by atoms with van der Waals surface area (Å²) < 4.78 is 11.0. The first-order valence-corrected chi connectivity index (χ1v) is 8.44. The van der Waals surface area contributed by atoms with Crippen molar-refractivity contribution in [2.75, 3.05) is 0 Å². The number of carbonyl (C=O) groups excluding carboxylic acids is 2. The maximum Gasteiger partial charge on any atom is 0.338 e. The van der Waals surface area contributed by atoms with Crippen LogP contribution in [0.1, 0.15) is 31.8 Å². The molecule has 0 radical (unpaired) electrons. The first-order valence-electron chi connectivity index (χ1n) is 8.44. The standard InChI is InChI=1S/C22H19NO4/c23-21(24)18-10-6-17(7-11-18)15-27-22(25)19-12-8-16(9-13-19)14-26-20-4-2-1-3-5-20/h1-13H,14-15H2,(H2,23,24). The molecule has 136 valence electrons. The van der Waals surface area contributed by atoms with Gasteiger partial charge in [0.15, 0.2) is 0 Å². The zero-order valence-corrected chi connectivity index (χ0v) is 14.6. The fraction of sp³-hybridized carbons (Fsp3) is 0.0909. The van der Waals surface area contributed by atoms with Gasteiger partial charge in [0.05, 0.1) is 5.56 Å². The van der Waals surface area contributed by atoms with Gasteiger partial charge in [-0.15, -0.1) is 0 Å². The van der Waals surface area contributed by atoms with Crippen molar-refractivity contribution in [3.63, 3.8) is 0 Å². The highest BCUT2D eigenvalue weighted by molar-refractivity contribution is 5.92. The van der Waals surface area contributed by atoms with Crippen LogP contribution in [0.25, 0.3) is 0 Å². The van der Waals surface area contributed by atoms with Crippen molar-refractivity contribution in [2.45, 2.75) is 13.2 Å². The van der Waals surface area contributed by atoms with Gasteiger partial charge < -0.3 is 15.2 Å². The number of primary amides is 1. The number of rotatable bonds is 7. The monoisotopic (exact) mass is 361 g/mol. The highest BCUT2D eigenvalue weighted by Gasteiger charge is 2.08. The van der Waals surface area contributed by atoms with Crippen LogP contribution in [0.15, 0.2) is 78.9 Å². The molecule has 5 nitrogen and oxygen atoms in total. The second-order valence-corrected chi connectivity index (χ2v) is 5.94. The molecule has 0 atom stereocenters. The van der Waals surface area contributed by atoms with Gasteiger partial charge in [-0.05, 0) is 47.5 Å². The summed E-state index contributed by atoms with van der Waals surface area (Å²) in [6.45, 7) is 0.544. The van der Waals surface area contributed by atoms with Crippen LogP contribution < -0.4 is 10.5 Å². The van der Waals surface area contributed by atoms with Crippen molar-refractivity contribution in [1.29, 1.82) is 0 Å². The molecule has 1 amide bonds. The Bertz CT molecular complexity index is 903. The lowest BCUT2D eigenvalue weighted by atomic mass is 10.1. The molecule has 0 aromatic heterocycles. The third-order valence-electron chi connectivity index (χ3n) is 3.95. The topological polar surface area (TPSA) is 78.6 Å². The average Bonchev–Trinajstić information content (AvgIpc) is 2.72. The van der Waals surface area contributed by atoms with E-state index in [-0.39, 0.29) is 6.61 Å². The van der Waals surface area contributed by atoms with Crippen molar-refractivity contribution >= 4 is 11.9 Å². The third kappa shape index (κ3) is 5.19. The van der Waals surface area contributed by atoms with E-state index in [1.807, 2.05) is 42.5 Å². The Hall–Kier alpha value is -3.60. The molecule has 0 bridgehead atoms. The Kier molecular flexibility index (Phi) is 5.84. The zero-order chi connectivity index (χ0) is 19.1. The number of hydrogen-bond donors (Lipinski definition) is 1. The fourth-order valence-corrected chi connectivity index (χ4v) is 2.42. The van der Waals surface area contributed by atoms with Gasteiger partial charge in [-0.2, -0.15) is 0 Å². The van der Waals surface area contributed by atoms with Crippen LogP contribution in [0.4, 0.5) is 0 Å². The molecular formula is C22H19NO4. The predicted octanol–water partition coefficient (Wildman–Crippen LogP) is 3.72. The molecule has 3 aromatic carbocycles. The molecule has 0 spiro atoms. The van der Waals surface area contributed by atoms with Gasteiger partial charge in [0, 0.05) is 5.56 Å². The second-order valence-electron chi connectivity index (χ2n) is 5.94. The van der Waals surface area contributed by atoms with Crippen LogP contribution in [-0.4, -0.2) is 11.9 Å². The third-order valence-corrected chi connectivity index (χ3v) is 3.95. The summed E-state index contributed by atoms with van der Waals surface area (Å²) in [5.74, 6) is -0.109. The van der Waals surface area contributed by atoms with E-state index in [0.29, 0.717) is 17.7 Å². The Balaban J connectivity index is 1.51. The minimum atomic E-state index is -0.491. The lowest BCUT2D eigenvalue weighted by Gasteiger charge is -2.08. The maximum atomic E-state index is 12.2. The summed E-state index contributed by atoms with van der Waals surface area (Å²) in [5, 5.41) is 0. The van der Waals surface area contributed by atoms with Crippen LogP contribution in [-0.2, 0) is 18.0 Å². The van der Waals surface area contributed by atoms with Gasteiger partial charge >= 0.3 is 5.97 Å². The van der Waals surface area contributed by atoms with Gasteiger partial charge in [0.1, 0.15) is 19.0 Å². The molecule has 0 aliphatic rings. The van der Waals surface area contributed by atoms with Gasteiger partial charge in [-0.25, -0.2) is 4.79 Å². The number of benzene rings is 3. The van der Waals surface area contributed by atoms with Crippen molar-refractivity contribution in [2.24, 2.45) is 5.73 Å². The van der Waals surface area contributed by atoms with E-state index < -0.39 is 11.9 Å². The SMILES string of the molecule is NC(=O)c1ccc(COC(=O)c2ccc(COc3ccccc3)cc2)cc1. The van der Waals surface area contributed by atoms with Crippen molar-refractivity contribution < 1.29 is 19.1 Å². The van der Waals surface area contributed by atoms with E-state index in [4.69, 9.17) is 15.2 Å². The lowest BCUT2D eigenvalue weighted by Crippen LogP contribution is -2.11. The van der Waals surface area contributed by atoms with Crippen LogP contribution in [0.3, 0.4) is 0 Å². The summed E-state index contributed by atoms with van der Waals surface area (Å²) in [6.07, 6.45) is 0. The molecule has 0 saturated carbocycles. The summed E-state index contributed by atoms with van der Waals surface area (Å²) in [5.41, 5.74) is 7.81. The maximum absolute atomic E-state index is 12.2. The number of hydrogen-bond acceptors (Lipinski definition) is 4. The first kappa shape index (κ1) is 18.2. The summed E-state index contributed by atoms with van der Waals surface area (Å²) in [4.78, 5) is 23.2. The highest BCUT2D eigenvalue weighted by Crippen LogP contribution is 2.13. The molecule has 3 aromatic rings. The highest BCUT2D eigenvalue weighted by atomic mass is 16.5. The average molecular weight is 361 g/mol.